The van der Waals surface area contributed by atoms with E-state index in [4.69, 9.17) is 5.73 Å². The van der Waals surface area contributed by atoms with Gasteiger partial charge in [0.2, 0.25) is 0 Å². The highest BCUT2D eigenvalue weighted by Crippen LogP contribution is 2.08. The van der Waals surface area contributed by atoms with Gasteiger partial charge in [-0.2, -0.15) is 5.10 Å². The first-order chi connectivity index (χ1) is 7.31. The predicted molar refractivity (Wildman–Crippen MR) is 56.9 cm³/mol. The van der Waals surface area contributed by atoms with E-state index in [1.807, 2.05) is 24.4 Å². The quantitative estimate of drug-likeness (QED) is 0.754. The van der Waals surface area contributed by atoms with Gasteiger partial charge in [0.1, 0.15) is 0 Å². The fourth-order valence-electron chi connectivity index (χ4n) is 1.34. The van der Waals surface area contributed by atoms with Crippen molar-refractivity contribution < 1.29 is 4.79 Å². The number of benzene rings is 1. The average Bonchev–Trinajstić information content (AvgIpc) is 2.82. The molecule has 1 heterocycles. The Bertz CT molecular complexity index is 445. The Morgan fingerprint density at radius 1 is 1.33 bits per heavy atom. The maximum Gasteiger partial charge on any atom is 0.176 e. The van der Waals surface area contributed by atoms with E-state index in [9.17, 15) is 4.79 Å². The van der Waals surface area contributed by atoms with Crippen molar-refractivity contribution in [2.45, 2.75) is 0 Å². The summed E-state index contributed by atoms with van der Waals surface area (Å²) in [5.74, 6) is -0.0537. The van der Waals surface area contributed by atoms with E-state index >= 15 is 0 Å². The number of hydrogen-bond donors (Lipinski definition) is 1. The molecule has 2 rings (SSSR count). The number of hydrogen-bond acceptors (Lipinski definition) is 3. The average molecular weight is 201 g/mol. The molecule has 0 radical (unpaired) electrons. The molecule has 0 saturated carbocycles. The summed E-state index contributed by atoms with van der Waals surface area (Å²) in [4.78, 5) is 11.3. The van der Waals surface area contributed by atoms with Crippen molar-refractivity contribution in [2.75, 3.05) is 6.54 Å². The van der Waals surface area contributed by atoms with Crippen LogP contribution in [-0.2, 0) is 0 Å². The van der Waals surface area contributed by atoms with Gasteiger partial charge in [-0.1, -0.05) is 0 Å². The lowest BCUT2D eigenvalue weighted by atomic mass is 10.1. The van der Waals surface area contributed by atoms with E-state index in [0.717, 1.165) is 5.69 Å². The summed E-state index contributed by atoms with van der Waals surface area (Å²) in [6.45, 7) is 0.0428. The lowest BCUT2D eigenvalue weighted by Gasteiger charge is -2.02. The van der Waals surface area contributed by atoms with Gasteiger partial charge in [-0.25, -0.2) is 4.68 Å². The number of carbonyl (C=O) groups excluding carboxylic acids is 1. The van der Waals surface area contributed by atoms with Gasteiger partial charge in [-0.05, 0) is 30.3 Å². The molecule has 0 bridgehead atoms. The van der Waals surface area contributed by atoms with Crippen molar-refractivity contribution in [3.63, 3.8) is 0 Å². The zero-order valence-electron chi connectivity index (χ0n) is 8.13. The molecule has 0 atom stereocenters. The number of rotatable bonds is 3. The van der Waals surface area contributed by atoms with Crippen LogP contribution < -0.4 is 5.73 Å². The highest BCUT2D eigenvalue weighted by Gasteiger charge is 2.03. The Morgan fingerprint density at radius 3 is 2.60 bits per heavy atom. The Hall–Kier alpha value is -1.94. The third kappa shape index (κ3) is 1.94. The number of nitrogens with zero attached hydrogens (tertiary/aromatic N) is 2. The fourth-order valence-corrected chi connectivity index (χ4v) is 1.34. The van der Waals surface area contributed by atoms with Gasteiger partial charge in [0.05, 0.1) is 12.2 Å². The van der Waals surface area contributed by atoms with E-state index in [2.05, 4.69) is 5.10 Å². The number of ketones is 1. The number of aromatic nitrogens is 2. The van der Waals surface area contributed by atoms with Gasteiger partial charge in [0.25, 0.3) is 0 Å². The molecular weight excluding hydrogens is 190 g/mol. The van der Waals surface area contributed by atoms with E-state index < -0.39 is 0 Å². The third-order valence-corrected chi connectivity index (χ3v) is 2.14. The highest BCUT2D eigenvalue weighted by atomic mass is 16.1. The molecule has 2 N–H and O–H groups in total. The molecule has 0 aliphatic carbocycles. The van der Waals surface area contributed by atoms with Crippen LogP contribution in [0.1, 0.15) is 10.4 Å². The Balaban J connectivity index is 2.29. The second-order valence-electron chi connectivity index (χ2n) is 3.12. The molecule has 0 saturated heterocycles. The lowest BCUT2D eigenvalue weighted by Crippen LogP contribution is -2.13. The largest absolute Gasteiger partial charge is 0.324 e. The minimum atomic E-state index is -0.0537. The standard InChI is InChI=1S/C11H11N3O/c12-8-11(15)9-2-4-10(5-3-9)14-7-1-6-13-14/h1-7H,8,12H2. The van der Waals surface area contributed by atoms with Gasteiger partial charge in [-0.15, -0.1) is 0 Å². The number of carbonyl (C=O) groups is 1. The summed E-state index contributed by atoms with van der Waals surface area (Å²) in [6, 6.07) is 9.04. The molecule has 15 heavy (non-hydrogen) atoms. The van der Waals surface area contributed by atoms with Crippen molar-refractivity contribution in [3.05, 3.63) is 48.3 Å². The van der Waals surface area contributed by atoms with Crippen LogP contribution in [0.2, 0.25) is 0 Å². The topological polar surface area (TPSA) is 60.9 Å². The van der Waals surface area contributed by atoms with Crippen molar-refractivity contribution in [2.24, 2.45) is 5.73 Å². The number of Topliss-reactive ketones (excluding diaryl/α,β-unsaturated/α-hetero) is 1. The van der Waals surface area contributed by atoms with Crippen molar-refractivity contribution in [1.82, 2.24) is 9.78 Å². The van der Waals surface area contributed by atoms with E-state index in [-0.39, 0.29) is 12.3 Å². The second kappa shape index (κ2) is 4.06. The Kier molecular flexibility index (Phi) is 2.60. The molecule has 0 unspecified atom stereocenters. The van der Waals surface area contributed by atoms with Crippen molar-refractivity contribution in [1.29, 1.82) is 0 Å². The van der Waals surface area contributed by atoms with Gasteiger partial charge in [-0.3, -0.25) is 4.79 Å². The highest BCUT2D eigenvalue weighted by molar-refractivity contribution is 5.97. The Morgan fingerprint density at radius 2 is 2.07 bits per heavy atom. The summed E-state index contributed by atoms with van der Waals surface area (Å²) in [6.07, 6.45) is 3.55. The minimum Gasteiger partial charge on any atom is -0.324 e. The van der Waals surface area contributed by atoms with Crippen LogP contribution in [-0.4, -0.2) is 22.1 Å². The first kappa shape index (κ1) is 9.61. The summed E-state index contributed by atoms with van der Waals surface area (Å²) < 4.78 is 1.73. The zero-order chi connectivity index (χ0) is 10.7. The van der Waals surface area contributed by atoms with Crippen LogP contribution in [0.5, 0.6) is 0 Å². The first-order valence-electron chi connectivity index (χ1n) is 4.64. The monoisotopic (exact) mass is 201 g/mol. The third-order valence-electron chi connectivity index (χ3n) is 2.14. The zero-order valence-corrected chi connectivity index (χ0v) is 8.13. The van der Waals surface area contributed by atoms with Crippen LogP contribution in [0.15, 0.2) is 42.7 Å². The van der Waals surface area contributed by atoms with Gasteiger partial charge >= 0.3 is 0 Å². The first-order valence-corrected chi connectivity index (χ1v) is 4.64. The van der Waals surface area contributed by atoms with Crippen LogP contribution in [0, 0.1) is 0 Å². The van der Waals surface area contributed by atoms with Crippen LogP contribution >= 0.6 is 0 Å². The molecule has 1 aromatic carbocycles. The second-order valence-corrected chi connectivity index (χ2v) is 3.12. The maximum atomic E-state index is 11.3. The number of nitrogens with two attached hydrogens (primary N) is 1. The molecule has 1 aromatic heterocycles. The molecule has 0 aliphatic heterocycles. The van der Waals surface area contributed by atoms with Gasteiger partial charge in [0.15, 0.2) is 5.78 Å². The molecule has 0 aliphatic rings. The molecule has 76 valence electrons. The van der Waals surface area contributed by atoms with Crippen molar-refractivity contribution >= 4 is 5.78 Å². The summed E-state index contributed by atoms with van der Waals surface area (Å²) in [7, 11) is 0. The van der Waals surface area contributed by atoms with Crippen LogP contribution in [0.3, 0.4) is 0 Å². The molecule has 0 amide bonds. The van der Waals surface area contributed by atoms with Crippen LogP contribution in [0.4, 0.5) is 0 Å². The molecule has 2 aromatic rings. The van der Waals surface area contributed by atoms with E-state index in [0.29, 0.717) is 5.56 Å². The molecular formula is C11H11N3O. The SMILES string of the molecule is NCC(=O)c1ccc(-n2cccn2)cc1. The Labute approximate surface area is 87.3 Å². The smallest absolute Gasteiger partial charge is 0.176 e. The summed E-state index contributed by atoms with van der Waals surface area (Å²) in [5, 5.41) is 4.09. The van der Waals surface area contributed by atoms with Gasteiger partial charge < -0.3 is 5.73 Å². The van der Waals surface area contributed by atoms with Gasteiger partial charge in [0, 0.05) is 18.0 Å². The van der Waals surface area contributed by atoms with E-state index in [1.165, 1.54) is 0 Å². The van der Waals surface area contributed by atoms with Crippen molar-refractivity contribution in [3.8, 4) is 5.69 Å². The summed E-state index contributed by atoms with van der Waals surface area (Å²) >= 11 is 0. The fraction of sp³-hybridized carbons (Fsp3) is 0.0909. The maximum absolute atomic E-state index is 11.3. The normalized spacial score (nSPS) is 10.2. The lowest BCUT2D eigenvalue weighted by molar-refractivity contribution is 0.100. The molecule has 4 heteroatoms. The van der Waals surface area contributed by atoms with Crippen LogP contribution in [0.25, 0.3) is 5.69 Å². The molecule has 0 fully saturated rings. The predicted octanol–water partition coefficient (Wildman–Crippen LogP) is 1.01. The summed E-state index contributed by atoms with van der Waals surface area (Å²) in [5.41, 5.74) is 6.83. The molecule has 0 spiro atoms. The van der Waals surface area contributed by atoms with E-state index in [1.54, 1.807) is 23.0 Å². The minimum absolute atomic E-state index is 0.0428. The molecule has 4 nitrogen and oxygen atoms in total.